The molecule has 3 aromatic rings. The molecule has 1 aliphatic rings. The third-order valence-electron chi connectivity index (χ3n) is 4.67. The van der Waals surface area contributed by atoms with Crippen molar-refractivity contribution in [2.45, 2.75) is 18.9 Å². The standard InChI is InChI=1S/C20H15BrCl2N4O2S/c21-13-5-3-11(4-6-13)18-25-26-20(30-18)24-17(28)16-2-1-7-27(16)19(29)12-8-14(22)10-15(23)9-12/h3-6,8-10,16H,1-2,7H2,(H,24,26,28). The van der Waals surface area contributed by atoms with Crippen LogP contribution in [-0.2, 0) is 4.79 Å². The van der Waals surface area contributed by atoms with Gasteiger partial charge in [-0.15, -0.1) is 10.2 Å². The van der Waals surface area contributed by atoms with Crippen molar-refractivity contribution >= 4 is 67.4 Å². The largest absolute Gasteiger partial charge is 0.327 e. The van der Waals surface area contributed by atoms with Gasteiger partial charge in [0.15, 0.2) is 0 Å². The zero-order chi connectivity index (χ0) is 21.3. The molecule has 1 N–H and O–H groups in total. The van der Waals surface area contributed by atoms with Gasteiger partial charge < -0.3 is 4.90 Å². The van der Waals surface area contributed by atoms with Crippen LogP contribution in [0.2, 0.25) is 10.0 Å². The SMILES string of the molecule is O=C(Nc1nnc(-c2ccc(Br)cc2)s1)C1CCCN1C(=O)c1cc(Cl)cc(Cl)c1. The maximum absolute atomic E-state index is 12.9. The van der Waals surface area contributed by atoms with E-state index >= 15 is 0 Å². The maximum atomic E-state index is 12.9. The number of nitrogens with one attached hydrogen (secondary N) is 1. The second kappa shape index (κ2) is 9.01. The fourth-order valence-electron chi connectivity index (χ4n) is 3.30. The molecule has 6 nitrogen and oxygen atoms in total. The molecule has 4 rings (SSSR count). The second-order valence-electron chi connectivity index (χ2n) is 6.72. The Morgan fingerprint density at radius 1 is 1.10 bits per heavy atom. The molecule has 1 unspecified atom stereocenters. The molecular formula is C20H15BrCl2N4O2S. The summed E-state index contributed by atoms with van der Waals surface area (Å²) >= 11 is 16.7. The van der Waals surface area contributed by atoms with Crippen molar-refractivity contribution in [2.75, 3.05) is 11.9 Å². The van der Waals surface area contributed by atoms with Gasteiger partial charge in [-0.1, -0.05) is 62.6 Å². The Balaban J connectivity index is 1.47. The molecule has 1 saturated heterocycles. The monoisotopic (exact) mass is 524 g/mol. The van der Waals surface area contributed by atoms with Gasteiger partial charge in [-0.3, -0.25) is 14.9 Å². The highest BCUT2D eigenvalue weighted by Gasteiger charge is 2.35. The van der Waals surface area contributed by atoms with Crippen molar-refractivity contribution < 1.29 is 9.59 Å². The Labute approximate surface area is 195 Å². The maximum Gasteiger partial charge on any atom is 0.254 e. The van der Waals surface area contributed by atoms with Crippen LogP contribution in [0.1, 0.15) is 23.2 Å². The Kier molecular flexibility index (Phi) is 6.38. The van der Waals surface area contributed by atoms with Gasteiger partial charge in [0.2, 0.25) is 11.0 Å². The van der Waals surface area contributed by atoms with Crippen LogP contribution < -0.4 is 5.32 Å². The minimum absolute atomic E-state index is 0.273. The van der Waals surface area contributed by atoms with Crippen molar-refractivity contribution in [2.24, 2.45) is 0 Å². The number of nitrogens with zero attached hydrogens (tertiary/aromatic N) is 3. The highest BCUT2D eigenvalue weighted by atomic mass is 79.9. The zero-order valence-corrected chi connectivity index (χ0v) is 19.4. The molecular weight excluding hydrogens is 511 g/mol. The summed E-state index contributed by atoms with van der Waals surface area (Å²) in [4.78, 5) is 27.3. The molecule has 154 valence electrons. The Morgan fingerprint density at radius 3 is 2.50 bits per heavy atom. The Hall–Kier alpha value is -2.00. The number of amides is 2. The lowest BCUT2D eigenvalue weighted by atomic mass is 10.1. The number of rotatable bonds is 4. The van der Waals surface area contributed by atoms with E-state index in [1.165, 1.54) is 11.3 Å². The molecule has 1 atom stereocenters. The third kappa shape index (κ3) is 4.67. The first-order valence-corrected chi connectivity index (χ1v) is 11.4. The molecule has 2 amide bonds. The van der Waals surface area contributed by atoms with E-state index in [9.17, 15) is 9.59 Å². The van der Waals surface area contributed by atoms with E-state index in [2.05, 4.69) is 31.4 Å². The van der Waals surface area contributed by atoms with Gasteiger partial charge in [0.1, 0.15) is 11.0 Å². The molecule has 1 aliphatic heterocycles. The average molecular weight is 526 g/mol. The molecule has 0 aliphatic carbocycles. The van der Waals surface area contributed by atoms with E-state index in [4.69, 9.17) is 23.2 Å². The molecule has 2 heterocycles. The van der Waals surface area contributed by atoms with Crippen molar-refractivity contribution in [1.82, 2.24) is 15.1 Å². The highest BCUT2D eigenvalue weighted by Crippen LogP contribution is 2.29. The number of halogens is 3. The van der Waals surface area contributed by atoms with E-state index in [-0.39, 0.29) is 11.8 Å². The average Bonchev–Trinajstić information content (AvgIpc) is 3.37. The molecule has 10 heteroatoms. The van der Waals surface area contributed by atoms with Crippen LogP contribution in [0.4, 0.5) is 5.13 Å². The van der Waals surface area contributed by atoms with Crippen LogP contribution in [0.15, 0.2) is 46.9 Å². The number of carbonyl (C=O) groups is 2. The Bertz CT molecular complexity index is 1090. The van der Waals surface area contributed by atoms with Gasteiger partial charge in [-0.25, -0.2) is 0 Å². The normalized spacial score (nSPS) is 16.0. The molecule has 0 radical (unpaired) electrons. The first-order valence-electron chi connectivity index (χ1n) is 9.08. The van der Waals surface area contributed by atoms with E-state index in [0.29, 0.717) is 38.7 Å². The fourth-order valence-corrected chi connectivity index (χ4v) is 4.84. The van der Waals surface area contributed by atoms with E-state index in [1.807, 2.05) is 24.3 Å². The number of benzene rings is 2. The summed E-state index contributed by atoms with van der Waals surface area (Å²) in [6, 6.07) is 11.8. The fraction of sp³-hybridized carbons (Fsp3) is 0.200. The molecule has 0 bridgehead atoms. The predicted octanol–water partition coefficient (Wildman–Crippen LogP) is 5.52. The van der Waals surface area contributed by atoms with Gasteiger partial charge in [-0.2, -0.15) is 0 Å². The third-order valence-corrected chi connectivity index (χ3v) is 6.52. The number of anilines is 1. The zero-order valence-electron chi connectivity index (χ0n) is 15.4. The van der Waals surface area contributed by atoms with Crippen molar-refractivity contribution in [3.63, 3.8) is 0 Å². The lowest BCUT2D eigenvalue weighted by Gasteiger charge is -2.23. The summed E-state index contributed by atoms with van der Waals surface area (Å²) in [6.45, 7) is 0.487. The highest BCUT2D eigenvalue weighted by molar-refractivity contribution is 9.10. The van der Waals surface area contributed by atoms with Gasteiger partial charge >= 0.3 is 0 Å². The van der Waals surface area contributed by atoms with Crippen LogP contribution in [-0.4, -0.2) is 39.5 Å². The number of carbonyl (C=O) groups excluding carboxylic acids is 2. The topological polar surface area (TPSA) is 75.2 Å². The number of aromatic nitrogens is 2. The van der Waals surface area contributed by atoms with Gasteiger partial charge in [-0.05, 0) is 43.2 Å². The minimum Gasteiger partial charge on any atom is -0.327 e. The van der Waals surface area contributed by atoms with Gasteiger partial charge in [0.05, 0.1) is 0 Å². The number of hydrogen-bond acceptors (Lipinski definition) is 5. The van der Waals surface area contributed by atoms with Crippen LogP contribution in [0.5, 0.6) is 0 Å². The predicted molar refractivity (Wildman–Crippen MR) is 122 cm³/mol. The summed E-state index contributed by atoms with van der Waals surface area (Å²) in [5, 5.41) is 12.8. The van der Waals surface area contributed by atoms with Crippen molar-refractivity contribution in [1.29, 1.82) is 0 Å². The molecule has 1 aromatic heterocycles. The second-order valence-corrected chi connectivity index (χ2v) is 9.49. The molecule has 2 aromatic carbocycles. The van der Waals surface area contributed by atoms with E-state index in [0.717, 1.165) is 16.5 Å². The van der Waals surface area contributed by atoms with Gasteiger partial charge in [0, 0.05) is 32.2 Å². The summed E-state index contributed by atoms with van der Waals surface area (Å²) in [6.07, 6.45) is 1.31. The van der Waals surface area contributed by atoms with Crippen LogP contribution in [0.3, 0.4) is 0 Å². The molecule has 0 spiro atoms. The van der Waals surface area contributed by atoms with E-state index in [1.54, 1.807) is 23.1 Å². The lowest BCUT2D eigenvalue weighted by Crippen LogP contribution is -2.43. The van der Waals surface area contributed by atoms with Crippen molar-refractivity contribution in [3.05, 3.63) is 62.5 Å². The number of likely N-dealkylation sites (tertiary alicyclic amines) is 1. The molecule has 1 fully saturated rings. The lowest BCUT2D eigenvalue weighted by molar-refractivity contribution is -0.119. The van der Waals surface area contributed by atoms with Crippen LogP contribution in [0.25, 0.3) is 10.6 Å². The number of hydrogen-bond donors (Lipinski definition) is 1. The molecule has 30 heavy (non-hydrogen) atoms. The Morgan fingerprint density at radius 2 is 1.80 bits per heavy atom. The van der Waals surface area contributed by atoms with Crippen LogP contribution in [0, 0.1) is 0 Å². The summed E-state index contributed by atoms with van der Waals surface area (Å²) in [7, 11) is 0. The first-order chi connectivity index (χ1) is 14.4. The van der Waals surface area contributed by atoms with Gasteiger partial charge in [0.25, 0.3) is 5.91 Å². The quantitative estimate of drug-likeness (QED) is 0.486. The van der Waals surface area contributed by atoms with E-state index < -0.39 is 6.04 Å². The summed E-state index contributed by atoms with van der Waals surface area (Å²) in [5.74, 6) is -0.558. The minimum atomic E-state index is -0.588. The summed E-state index contributed by atoms with van der Waals surface area (Å²) < 4.78 is 0.969. The van der Waals surface area contributed by atoms with Crippen LogP contribution >= 0.6 is 50.5 Å². The van der Waals surface area contributed by atoms with Crippen molar-refractivity contribution in [3.8, 4) is 10.6 Å². The summed E-state index contributed by atoms with van der Waals surface area (Å²) in [5.41, 5.74) is 1.27. The molecule has 0 saturated carbocycles. The first kappa shape index (κ1) is 21.2. The smallest absolute Gasteiger partial charge is 0.254 e.